The predicted octanol–water partition coefficient (Wildman–Crippen LogP) is 5.44. The largest absolute Gasteiger partial charge is 0.381 e. The monoisotopic (exact) mass is 342 g/mol. The van der Waals surface area contributed by atoms with Crippen LogP contribution >= 0.6 is 15.9 Å². The van der Waals surface area contributed by atoms with Crippen molar-refractivity contribution in [3.63, 3.8) is 0 Å². The average Bonchev–Trinajstić information content (AvgIpc) is 2.39. The van der Waals surface area contributed by atoms with Crippen molar-refractivity contribution in [1.29, 1.82) is 0 Å². The molecule has 0 aromatic heterocycles. The molecule has 1 N–H and O–H groups in total. The summed E-state index contributed by atoms with van der Waals surface area (Å²) in [7, 11) is 0. The van der Waals surface area contributed by atoms with Crippen molar-refractivity contribution in [2.24, 2.45) is 0 Å². The minimum atomic E-state index is -0.343. The van der Waals surface area contributed by atoms with Crippen molar-refractivity contribution >= 4 is 27.3 Å². The number of nitrogens with zero attached hydrogens (tertiary/aromatic N) is 1. The fourth-order valence-corrected chi connectivity index (χ4v) is 2.73. The van der Waals surface area contributed by atoms with E-state index in [1.54, 1.807) is 13.0 Å². The van der Waals surface area contributed by atoms with Gasteiger partial charge >= 0.3 is 0 Å². The van der Waals surface area contributed by atoms with E-state index in [1.807, 2.05) is 6.07 Å². The molecule has 0 saturated heterocycles. The Morgan fingerprint density at radius 2 is 2.00 bits per heavy atom. The van der Waals surface area contributed by atoms with E-state index in [0.29, 0.717) is 11.6 Å². The van der Waals surface area contributed by atoms with Gasteiger partial charge in [0.1, 0.15) is 0 Å². The third-order valence-electron chi connectivity index (χ3n) is 3.39. The summed E-state index contributed by atoms with van der Waals surface area (Å²) in [6.07, 6.45) is 5.75. The molecule has 5 heteroatoms. The number of anilines is 1. The van der Waals surface area contributed by atoms with Gasteiger partial charge in [-0.1, -0.05) is 33.1 Å². The Morgan fingerprint density at radius 1 is 1.30 bits per heavy atom. The second kappa shape index (κ2) is 8.25. The highest BCUT2D eigenvalue weighted by molar-refractivity contribution is 9.10. The second-order valence-electron chi connectivity index (χ2n) is 5.15. The van der Waals surface area contributed by atoms with Gasteiger partial charge in [-0.15, -0.1) is 0 Å². The summed E-state index contributed by atoms with van der Waals surface area (Å²) in [5.41, 5.74) is 1.79. The fraction of sp³-hybridized carbons (Fsp3) is 0.600. The lowest BCUT2D eigenvalue weighted by Crippen LogP contribution is -2.19. The summed E-state index contributed by atoms with van der Waals surface area (Å²) in [4.78, 5) is 10.6. The lowest BCUT2D eigenvalue weighted by atomic mass is 10.0. The molecule has 1 aromatic carbocycles. The van der Waals surface area contributed by atoms with E-state index in [0.717, 1.165) is 29.4 Å². The minimum Gasteiger partial charge on any atom is -0.381 e. The number of nitro benzene ring substituents is 1. The molecule has 0 heterocycles. The van der Waals surface area contributed by atoms with Gasteiger partial charge in [0.05, 0.1) is 4.92 Å². The van der Waals surface area contributed by atoms with Crippen LogP contribution in [0.2, 0.25) is 0 Å². The summed E-state index contributed by atoms with van der Waals surface area (Å²) in [5.74, 6) is 0. The van der Waals surface area contributed by atoms with Crippen LogP contribution in [-0.4, -0.2) is 11.0 Å². The van der Waals surface area contributed by atoms with Gasteiger partial charge in [0.15, 0.2) is 0 Å². The molecule has 0 aliphatic rings. The van der Waals surface area contributed by atoms with Gasteiger partial charge < -0.3 is 5.32 Å². The topological polar surface area (TPSA) is 55.2 Å². The Labute approximate surface area is 129 Å². The van der Waals surface area contributed by atoms with Crippen LogP contribution in [0.4, 0.5) is 11.4 Å². The number of halogens is 1. The third-order valence-corrected chi connectivity index (χ3v) is 4.04. The molecule has 20 heavy (non-hydrogen) atoms. The first kappa shape index (κ1) is 17.0. The number of aryl methyl sites for hydroxylation is 1. The maximum Gasteiger partial charge on any atom is 0.273 e. The van der Waals surface area contributed by atoms with Crippen molar-refractivity contribution in [3.05, 3.63) is 32.3 Å². The van der Waals surface area contributed by atoms with Crippen LogP contribution in [0.15, 0.2) is 16.6 Å². The van der Waals surface area contributed by atoms with E-state index in [4.69, 9.17) is 0 Å². The summed E-state index contributed by atoms with van der Waals surface area (Å²) < 4.78 is 0.757. The number of hydrogen-bond acceptors (Lipinski definition) is 3. The molecular weight excluding hydrogens is 320 g/mol. The Kier molecular flexibility index (Phi) is 6.99. The molecule has 0 aliphatic heterocycles. The summed E-state index contributed by atoms with van der Waals surface area (Å²) in [5, 5.41) is 14.4. The van der Waals surface area contributed by atoms with Crippen LogP contribution in [0.3, 0.4) is 0 Å². The summed E-state index contributed by atoms with van der Waals surface area (Å²) >= 11 is 3.43. The first-order valence-corrected chi connectivity index (χ1v) is 7.99. The van der Waals surface area contributed by atoms with Gasteiger partial charge in [0, 0.05) is 27.8 Å². The maximum atomic E-state index is 10.9. The quantitative estimate of drug-likeness (QED) is 0.505. The smallest absolute Gasteiger partial charge is 0.273 e. The highest BCUT2D eigenvalue weighted by Crippen LogP contribution is 2.31. The van der Waals surface area contributed by atoms with Crippen molar-refractivity contribution in [3.8, 4) is 0 Å². The van der Waals surface area contributed by atoms with E-state index < -0.39 is 0 Å². The van der Waals surface area contributed by atoms with Crippen LogP contribution in [0.5, 0.6) is 0 Å². The van der Waals surface area contributed by atoms with Gasteiger partial charge in [0.2, 0.25) is 0 Å². The molecule has 1 rings (SSSR count). The molecule has 112 valence electrons. The number of nitrogens with one attached hydrogen (secondary N) is 1. The summed E-state index contributed by atoms with van der Waals surface area (Å²) in [6, 6.07) is 3.87. The molecule has 0 spiro atoms. The van der Waals surface area contributed by atoms with Crippen molar-refractivity contribution in [2.75, 3.05) is 5.32 Å². The highest BCUT2D eigenvalue weighted by atomic mass is 79.9. The number of unbranched alkanes of at least 4 members (excludes halogenated alkanes) is 1. The lowest BCUT2D eigenvalue weighted by molar-refractivity contribution is -0.385. The Morgan fingerprint density at radius 3 is 2.55 bits per heavy atom. The number of nitro groups is 1. The Bertz CT molecular complexity index is 463. The van der Waals surface area contributed by atoms with Gasteiger partial charge in [-0.25, -0.2) is 0 Å². The zero-order valence-corrected chi connectivity index (χ0v) is 14.0. The lowest BCUT2D eigenvalue weighted by Gasteiger charge is -2.20. The molecule has 1 atom stereocenters. The van der Waals surface area contributed by atoms with Crippen LogP contribution in [0, 0.1) is 17.0 Å². The molecular formula is C15H23BrN2O2. The molecule has 0 saturated carbocycles. The standard InChI is InChI=1S/C15H23BrN2O2/c1-4-6-8-12(7-5-2)17-14-9-11(3)15(18(19)20)10-13(14)16/h9-10,12,17H,4-8H2,1-3H3. The molecule has 0 aliphatic carbocycles. The molecule has 4 nitrogen and oxygen atoms in total. The van der Waals surface area contributed by atoms with Gasteiger partial charge in [-0.2, -0.15) is 0 Å². The SMILES string of the molecule is CCCCC(CCC)Nc1cc(C)c([N+](=O)[O-])cc1Br. The Hall–Kier alpha value is -1.10. The van der Waals surface area contributed by atoms with Crippen molar-refractivity contribution < 1.29 is 4.92 Å². The van der Waals surface area contributed by atoms with Crippen LogP contribution in [0.1, 0.15) is 51.5 Å². The zero-order valence-electron chi connectivity index (χ0n) is 12.4. The average molecular weight is 343 g/mol. The van der Waals surface area contributed by atoms with Gasteiger partial charge in [-0.05, 0) is 41.8 Å². The molecule has 0 amide bonds. The van der Waals surface area contributed by atoms with E-state index in [1.165, 1.54) is 12.8 Å². The van der Waals surface area contributed by atoms with Crippen LogP contribution < -0.4 is 5.32 Å². The number of benzene rings is 1. The number of hydrogen-bond donors (Lipinski definition) is 1. The van der Waals surface area contributed by atoms with Gasteiger partial charge in [0.25, 0.3) is 5.69 Å². The van der Waals surface area contributed by atoms with Gasteiger partial charge in [-0.3, -0.25) is 10.1 Å². The van der Waals surface area contributed by atoms with E-state index >= 15 is 0 Å². The van der Waals surface area contributed by atoms with E-state index in [2.05, 4.69) is 35.1 Å². The Balaban J connectivity index is 2.89. The zero-order chi connectivity index (χ0) is 15.1. The first-order chi connectivity index (χ1) is 9.49. The van der Waals surface area contributed by atoms with Crippen LogP contribution in [-0.2, 0) is 0 Å². The maximum absolute atomic E-state index is 10.9. The first-order valence-electron chi connectivity index (χ1n) is 7.20. The fourth-order valence-electron chi connectivity index (χ4n) is 2.29. The van der Waals surface area contributed by atoms with E-state index in [9.17, 15) is 10.1 Å². The third kappa shape index (κ3) is 4.78. The number of rotatable bonds is 8. The van der Waals surface area contributed by atoms with E-state index in [-0.39, 0.29) is 10.6 Å². The summed E-state index contributed by atoms with van der Waals surface area (Å²) in [6.45, 7) is 6.14. The molecule has 1 unspecified atom stereocenters. The molecule has 0 fully saturated rings. The minimum absolute atomic E-state index is 0.156. The van der Waals surface area contributed by atoms with Crippen molar-refractivity contribution in [2.45, 2.75) is 58.9 Å². The normalized spacial score (nSPS) is 12.2. The molecule has 0 bridgehead atoms. The molecule has 0 radical (unpaired) electrons. The van der Waals surface area contributed by atoms with Crippen LogP contribution in [0.25, 0.3) is 0 Å². The molecule has 1 aromatic rings. The predicted molar refractivity (Wildman–Crippen MR) is 87.4 cm³/mol. The van der Waals surface area contributed by atoms with Crippen molar-refractivity contribution in [1.82, 2.24) is 0 Å². The second-order valence-corrected chi connectivity index (χ2v) is 6.00. The highest BCUT2D eigenvalue weighted by Gasteiger charge is 2.16.